The van der Waals surface area contributed by atoms with Crippen LogP contribution in [0.2, 0.25) is 0 Å². The smallest absolute Gasteiger partial charge is 0.0239 e. The van der Waals surface area contributed by atoms with Gasteiger partial charge in [0, 0.05) is 6.54 Å². The highest BCUT2D eigenvalue weighted by Gasteiger charge is 2.18. The Morgan fingerprint density at radius 1 is 0.846 bits per heavy atom. The van der Waals surface area contributed by atoms with Crippen LogP contribution in [0, 0.1) is 0 Å². The molecule has 0 saturated carbocycles. The summed E-state index contributed by atoms with van der Waals surface area (Å²) in [5.74, 6) is 1.04. The van der Waals surface area contributed by atoms with Crippen LogP contribution in [0.15, 0.2) is 89.8 Å². The molecule has 0 saturated heterocycles. The Balaban J connectivity index is 2.14. The average Bonchev–Trinajstić information content (AvgIpc) is 2.71. The highest BCUT2D eigenvalue weighted by atomic mass is 32.2. The Hall–Kier alpha value is -1.86. The number of hydrogen-bond donors (Lipinski definition) is 1. The molecule has 3 heteroatoms. The molecule has 1 nitrogen and oxygen atoms in total. The molecule has 3 aromatic rings. The summed E-state index contributed by atoms with van der Waals surface area (Å²) in [7, 11) is -0.606. The van der Waals surface area contributed by atoms with E-state index in [0.29, 0.717) is 6.54 Å². The summed E-state index contributed by atoms with van der Waals surface area (Å²) >= 11 is 1.83. The molecule has 0 aliphatic heterocycles. The first kappa shape index (κ1) is 18.9. The maximum atomic E-state index is 5.97. The predicted octanol–water partition coefficient (Wildman–Crippen LogP) is 4.50. The first-order valence-electron chi connectivity index (χ1n) is 8.86. The maximum absolute atomic E-state index is 5.97. The van der Waals surface area contributed by atoms with E-state index in [2.05, 4.69) is 97.9 Å². The van der Waals surface area contributed by atoms with Gasteiger partial charge in [-0.15, -0.1) is 11.8 Å². The van der Waals surface area contributed by atoms with Crippen LogP contribution in [-0.2, 0) is 0 Å². The minimum Gasteiger partial charge on any atom is -0.326 e. The van der Waals surface area contributed by atoms with Gasteiger partial charge < -0.3 is 5.73 Å². The van der Waals surface area contributed by atoms with Crippen molar-refractivity contribution in [3.63, 3.8) is 0 Å². The van der Waals surface area contributed by atoms with E-state index >= 15 is 0 Å². The summed E-state index contributed by atoms with van der Waals surface area (Å²) in [5.41, 5.74) is 7.24. The molecule has 0 heterocycles. The molecular weight excluding hydrogens is 353 g/mol. The van der Waals surface area contributed by atoms with Crippen LogP contribution in [0.5, 0.6) is 0 Å². The molecular formula is C23H24NPS. The lowest BCUT2D eigenvalue weighted by Gasteiger charge is -2.21. The molecule has 0 fully saturated rings. The Labute approximate surface area is 162 Å². The Morgan fingerprint density at radius 2 is 1.38 bits per heavy atom. The minimum atomic E-state index is -0.606. The normalized spacial score (nSPS) is 11.7. The van der Waals surface area contributed by atoms with Crippen molar-refractivity contribution >= 4 is 41.7 Å². The van der Waals surface area contributed by atoms with Gasteiger partial charge in [-0.3, -0.25) is 0 Å². The van der Waals surface area contributed by atoms with Gasteiger partial charge in [0.25, 0.3) is 0 Å². The molecule has 0 aromatic heterocycles. The molecule has 0 unspecified atom stereocenters. The molecule has 0 atom stereocenters. The molecule has 0 bridgehead atoms. The fourth-order valence-corrected chi connectivity index (χ4v) is 6.04. The van der Waals surface area contributed by atoms with Gasteiger partial charge >= 0.3 is 0 Å². The zero-order valence-corrected chi connectivity index (χ0v) is 16.7. The molecule has 3 rings (SSSR count). The topological polar surface area (TPSA) is 26.0 Å². The zero-order chi connectivity index (χ0) is 18.2. The minimum absolute atomic E-state index is 0.585. The fourth-order valence-electron chi connectivity index (χ4n) is 2.91. The molecule has 0 radical (unpaired) electrons. The number of nitrogens with two attached hydrogens (primary N) is 1. The van der Waals surface area contributed by atoms with Crippen LogP contribution in [0.1, 0.15) is 12.5 Å². The molecule has 26 heavy (non-hydrogen) atoms. The predicted molar refractivity (Wildman–Crippen MR) is 120 cm³/mol. The molecule has 0 aliphatic carbocycles. The van der Waals surface area contributed by atoms with Crippen LogP contribution in [-0.4, -0.2) is 12.3 Å². The summed E-state index contributed by atoms with van der Waals surface area (Å²) in [5, 5.41) is 4.11. The van der Waals surface area contributed by atoms with E-state index < -0.39 is 7.92 Å². The summed E-state index contributed by atoms with van der Waals surface area (Å²) in [6, 6.07) is 30.4. The van der Waals surface area contributed by atoms with Crippen molar-refractivity contribution in [2.75, 3.05) is 12.3 Å². The maximum Gasteiger partial charge on any atom is 0.0239 e. The SMILES string of the molecule is CCSC(=Cc1ccccc1P(c1ccccc1)c1ccccc1)CN. The highest BCUT2D eigenvalue weighted by Crippen LogP contribution is 2.34. The van der Waals surface area contributed by atoms with E-state index in [4.69, 9.17) is 5.73 Å². The van der Waals surface area contributed by atoms with Crippen LogP contribution >= 0.6 is 19.7 Å². The van der Waals surface area contributed by atoms with Crippen molar-refractivity contribution in [3.8, 4) is 0 Å². The third-order valence-corrected chi connectivity index (χ3v) is 7.52. The molecule has 2 N–H and O–H groups in total. The van der Waals surface area contributed by atoms with E-state index in [1.807, 2.05) is 11.8 Å². The van der Waals surface area contributed by atoms with Crippen molar-refractivity contribution in [1.29, 1.82) is 0 Å². The van der Waals surface area contributed by atoms with Crippen molar-refractivity contribution in [2.24, 2.45) is 5.73 Å². The second-order valence-electron chi connectivity index (χ2n) is 5.81. The molecule has 0 amide bonds. The molecule has 0 aliphatic rings. The van der Waals surface area contributed by atoms with Gasteiger partial charge in [0.1, 0.15) is 0 Å². The van der Waals surface area contributed by atoms with Crippen molar-refractivity contribution in [2.45, 2.75) is 6.92 Å². The van der Waals surface area contributed by atoms with E-state index in [1.54, 1.807) is 0 Å². The van der Waals surface area contributed by atoms with Crippen LogP contribution in [0.25, 0.3) is 6.08 Å². The van der Waals surface area contributed by atoms with Gasteiger partial charge in [-0.25, -0.2) is 0 Å². The fraction of sp³-hybridized carbons (Fsp3) is 0.130. The number of rotatable bonds is 7. The lowest BCUT2D eigenvalue weighted by Crippen LogP contribution is -2.22. The summed E-state index contributed by atoms with van der Waals surface area (Å²) in [6.45, 7) is 2.75. The zero-order valence-electron chi connectivity index (χ0n) is 15.0. The second-order valence-corrected chi connectivity index (χ2v) is 9.39. The second kappa shape index (κ2) is 9.73. The van der Waals surface area contributed by atoms with Crippen LogP contribution in [0.4, 0.5) is 0 Å². The van der Waals surface area contributed by atoms with Gasteiger partial charge in [-0.1, -0.05) is 91.9 Å². The lowest BCUT2D eigenvalue weighted by atomic mass is 10.2. The summed E-state index contributed by atoms with van der Waals surface area (Å²) in [4.78, 5) is 1.23. The number of hydrogen-bond acceptors (Lipinski definition) is 2. The van der Waals surface area contributed by atoms with Crippen LogP contribution in [0.3, 0.4) is 0 Å². The highest BCUT2D eigenvalue weighted by molar-refractivity contribution is 8.03. The van der Waals surface area contributed by atoms with Gasteiger partial charge in [0.2, 0.25) is 0 Å². The van der Waals surface area contributed by atoms with Crippen molar-refractivity contribution < 1.29 is 0 Å². The molecule has 0 spiro atoms. The quantitative estimate of drug-likeness (QED) is 0.614. The van der Waals surface area contributed by atoms with E-state index in [9.17, 15) is 0 Å². The monoisotopic (exact) mass is 377 g/mol. The standard InChI is InChI=1S/C23H24NPS/c1-2-26-22(18-24)17-19-11-9-10-16-23(19)25(20-12-5-3-6-13-20)21-14-7-4-8-15-21/h3-17H,2,18,24H2,1H3. The lowest BCUT2D eigenvalue weighted by molar-refractivity contribution is 1.24. The van der Waals surface area contributed by atoms with Crippen molar-refractivity contribution in [3.05, 3.63) is 95.4 Å². The van der Waals surface area contributed by atoms with E-state index in [-0.39, 0.29) is 0 Å². The first-order valence-corrected chi connectivity index (χ1v) is 11.2. The van der Waals surface area contributed by atoms with Gasteiger partial charge in [0.05, 0.1) is 0 Å². The Bertz CT molecular complexity index is 807. The third-order valence-electron chi connectivity index (χ3n) is 4.05. The summed E-state index contributed by atoms with van der Waals surface area (Å²) < 4.78 is 0. The third kappa shape index (κ3) is 4.65. The summed E-state index contributed by atoms with van der Waals surface area (Å²) in [6.07, 6.45) is 2.27. The number of benzene rings is 3. The van der Waals surface area contributed by atoms with E-state index in [1.165, 1.54) is 26.4 Å². The largest absolute Gasteiger partial charge is 0.326 e. The van der Waals surface area contributed by atoms with E-state index in [0.717, 1.165) is 5.75 Å². The molecule has 132 valence electrons. The average molecular weight is 377 g/mol. The Kier molecular flexibility index (Phi) is 7.08. The van der Waals surface area contributed by atoms with Gasteiger partial charge in [0.15, 0.2) is 0 Å². The van der Waals surface area contributed by atoms with Crippen LogP contribution < -0.4 is 21.6 Å². The Morgan fingerprint density at radius 3 is 1.92 bits per heavy atom. The number of thioether (sulfide) groups is 1. The first-order chi connectivity index (χ1) is 12.8. The van der Waals surface area contributed by atoms with Crippen molar-refractivity contribution in [1.82, 2.24) is 0 Å². The molecule has 3 aromatic carbocycles. The van der Waals surface area contributed by atoms with Gasteiger partial charge in [-0.2, -0.15) is 0 Å². The van der Waals surface area contributed by atoms with Gasteiger partial charge in [-0.05, 0) is 46.1 Å².